The van der Waals surface area contributed by atoms with E-state index in [4.69, 9.17) is 11.6 Å². The van der Waals surface area contributed by atoms with Crippen LogP contribution in [0, 0.1) is 0 Å². The van der Waals surface area contributed by atoms with E-state index in [1.54, 1.807) is 0 Å². The van der Waals surface area contributed by atoms with Gasteiger partial charge in [0, 0.05) is 29.3 Å². The van der Waals surface area contributed by atoms with E-state index in [1.165, 1.54) is 11.3 Å². The van der Waals surface area contributed by atoms with Crippen LogP contribution in [0.25, 0.3) is 0 Å². The number of anilines is 1. The first-order chi connectivity index (χ1) is 8.51. The number of halogens is 1. The predicted molar refractivity (Wildman–Crippen MR) is 81.7 cm³/mol. The van der Waals surface area contributed by atoms with Crippen molar-refractivity contribution >= 4 is 17.3 Å². The number of nitrogens with one attached hydrogen (secondary N) is 1. The van der Waals surface area contributed by atoms with Crippen LogP contribution in [0.15, 0.2) is 18.2 Å². The highest BCUT2D eigenvalue weighted by molar-refractivity contribution is 6.31. The summed E-state index contributed by atoms with van der Waals surface area (Å²) >= 11 is 6.40. The molecule has 0 bridgehead atoms. The highest BCUT2D eigenvalue weighted by Crippen LogP contribution is 2.28. The van der Waals surface area contributed by atoms with Crippen LogP contribution >= 0.6 is 11.6 Å². The monoisotopic (exact) mass is 268 g/mol. The summed E-state index contributed by atoms with van der Waals surface area (Å²) in [7, 11) is 0. The Hall–Kier alpha value is -0.730. The number of rotatable bonds is 6. The van der Waals surface area contributed by atoms with Gasteiger partial charge in [0.2, 0.25) is 0 Å². The van der Waals surface area contributed by atoms with Crippen molar-refractivity contribution in [3.63, 3.8) is 0 Å². The summed E-state index contributed by atoms with van der Waals surface area (Å²) < 4.78 is 0. The Morgan fingerprint density at radius 2 is 1.89 bits per heavy atom. The van der Waals surface area contributed by atoms with Crippen LogP contribution in [0.5, 0.6) is 0 Å². The predicted octanol–water partition coefficient (Wildman–Crippen LogP) is 4.25. The average molecular weight is 269 g/mol. The number of nitrogens with zero attached hydrogens (tertiary/aromatic N) is 1. The van der Waals surface area contributed by atoms with Gasteiger partial charge in [-0.3, -0.25) is 0 Å². The molecular weight excluding hydrogens is 244 g/mol. The Morgan fingerprint density at radius 1 is 1.22 bits per heavy atom. The van der Waals surface area contributed by atoms with E-state index in [1.807, 2.05) is 0 Å². The van der Waals surface area contributed by atoms with Crippen molar-refractivity contribution in [1.82, 2.24) is 5.32 Å². The van der Waals surface area contributed by atoms with Crippen molar-refractivity contribution in [2.75, 3.05) is 18.0 Å². The summed E-state index contributed by atoms with van der Waals surface area (Å²) in [6.07, 6.45) is 0. The third kappa shape index (κ3) is 3.63. The fourth-order valence-electron chi connectivity index (χ4n) is 2.31. The van der Waals surface area contributed by atoms with E-state index >= 15 is 0 Å². The Morgan fingerprint density at radius 3 is 2.33 bits per heavy atom. The van der Waals surface area contributed by atoms with Gasteiger partial charge in [0.05, 0.1) is 0 Å². The molecule has 0 radical (unpaired) electrons. The van der Waals surface area contributed by atoms with Gasteiger partial charge in [-0.15, -0.1) is 0 Å². The van der Waals surface area contributed by atoms with E-state index < -0.39 is 0 Å². The zero-order valence-corrected chi connectivity index (χ0v) is 12.9. The Balaban J connectivity index is 2.97. The molecule has 0 saturated heterocycles. The molecule has 0 heterocycles. The first-order valence-electron chi connectivity index (χ1n) is 6.80. The van der Waals surface area contributed by atoms with E-state index in [0.29, 0.717) is 12.1 Å². The summed E-state index contributed by atoms with van der Waals surface area (Å²) in [5.41, 5.74) is 2.37. The molecular formula is C15H25ClN2. The molecule has 0 spiro atoms. The maximum absolute atomic E-state index is 6.40. The Kier molecular flexibility index (Phi) is 5.97. The van der Waals surface area contributed by atoms with E-state index in [-0.39, 0.29) is 0 Å². The first-order valence-corrected chi connectivity index (χ1v) is 7.18. The number of benzene rings is 1. The quantitative estimate of drug-likeness (QED) is 0.830. The number of hydrogen-bond acceptors (Lipinski definition) is 2. The minimum Gasteiger partial charge on any atom is -0.369 e. The van der Waals surface area contributed by atoms with Gasteiger partial charge in [0.25, 0.3) is 0 Å². The van der Waals surface area contributed by atoms with Crippen molar-refractivity contribution in [2.24, 2.45) is 0 Å². The maximum atomic E-state index is 6.40. The molecule has 3 heteroatoms. The van der Waals surface area contributed by atoms with Crippen LogP contribution in [-0.2, 0) is 0 Å². The summed E-state index contributed by atoms with van der Waals surface area (Å²) in [4.78, 5) is 2.34. The maximum Gasteiger partial charge on any atom is 0.0474 e. The molecule has 0 fully saturated rings. The summed E-state index contributed by atoms with van der Waals surface area (Å²) in [5.74, 6) is 0. The van der Waals surface area contributed by atoms with Crippen molar-refractivity contribution < 1.29 is 0 Å². The molecule has 1 N–H and O–H groups in total. The van der Waals surface area contributed by atoms with Crippen molar-refractivity contribution in [2.45, 2.75) is 46.7 Å². The van der Waals surface area contributed by atoms with E-state index in [2.05, 4.69) is 63.0 Å². The fourth-order valence-corrected chi connectivity index (χ4v) is 2.65. The molecule has 102 valence electrons. The molecule has 1 aromatic carbocycles. The van der Waals surface area contributed by atoms with Crippen LogP contribution in [0.3, 0.4) is 0 Å². The first kappa shape index (κ1) is 15.3. The van der Waals surface area contributed by atoms with Crippen LogP contribution in [0.2, 0.25) is 5.02 Å². The molecule has 2 nitrogen and oxygen atoms in total. The molecule has 0 aliphatic heterocycles. The lowest BCUT2D eigenvalue weighted by Gasteiger charge is -2.28. The third-order valence-corrected chi connectivity index (χ3v) is 3.58. The molecule has 0 aromatic heterocycles. The summed E-state index contributed by atoms with van der Waals surface area (Å²) in [5, 5.41) is 4.24. The summed E-state index contributed by atoms with van der Waals surface area (Å²) in [6.45, 7) is 12.8. The van der Waals surface area contributed by atoms with Gasteiger partial charge in [-0.2, -0.15) is 0 Å². The topological polar surface area (TPSA) is 15.3 Å². The van der Waals surface area contributed by atoms with Gasteiger partial charge in [-0.25, -0.2) is 0 Å². The lowest BCUT2D eigenvalue weighted by atomic mass is 10.1. The number of hydrogen-bond donors (Lipinski definition) is 1. The lowest BCUT2D eigenvalue weighted by molar-refractivity contribution is 0.598. The molecule has 0 saturated carbocycles. The van der Waals surface area contributed by atoms with Gasteiger partial charge in [0.1, 0.15) is 0 Å². The molecule has 0 amide bonds. The highest BCUT2D eigenvalue weighted by Gasteiger charge is 2.13. The third-order valence-electron chi connectivity index (χ3n) is 3.26. The summed E-state index contributed by atoms with van der Waals surface area (Å²) in [6, 6.07) is 7.16. The van der Waals surface area contributed by atoms with Gasteiger partial charge >= 0.3 is 0 Å². The average Bonchev–Trinajstić information content (AvgIpc) is 2.29. The molecule has 0 aliphatic rings. The minimum atomic E-state index is 0.297. The van der Waals surface area contributed by atoms with Crippen LogP contribution in [-0.4, -0.2) is 19.1 Å². The largest absolute Gasteiger partial charge is 0.369 e. The molecule has 1 rings (SSSR count). The van der Waals surface area contributed by atoms with Crippen molar-refractivity contribution in [1.29, 1.82) is 0 Å². The smallest absolute Gasteiger partial charge is 0.0474 e. The van der Waals surface area contributed by atoms with Gasteiger partial charge in [0.15, 0.2) is 0 Å². The van der Waals surface area contributed by atoms with Crippen LogP contribution < -0.4 is 10.2 Å². The van der Waals surface area contributed by atoms with Gasteiger partial charge in [-0.05, 0) is 51.9 Å². The zero-order valence-electron chi connectivity index (χ0n) is 12.1. The van der Waals surface area contributed by atoms with Crippen LogP contribution in [0.4, 0.5) is 5.69 Å². The second-order valence-electron chi connectivity index (χ2n) is 4.86. The van der Waals surface area contributed by atoms with Gasteiger partial charge < -0.3 is 10.2 Å². The minimum absolute atomic E-state index is 0.297. The normalized spacial score (nSPS) is 12.8. The highest BCUT2D eigenvalue weighted by atomic mass is 35.5. The Labute approximate surface area is 116 Å². The second kappa shape index (κ2) is 7.01. The van der Waals surface area contributed by atoms with Crippen molar-refractivity contribution in [3.05, 3.63) is 28.8 Å². The standard InChI is InChI=1S/C15H25ClN2/c1-6-17-12(5)14-9-8-13(10-15(14)16)18(7-2)11(3)4/h8-12,17H,6-7H2,1-5H3. The molecule has 0 aliphatic carbocycles. The second-order valence-corrected chi connectivity index (χ2v) is 5.27. The fraction of sp³-hybridized carbons (Fsp3) is 0.600. The van der Waals surface area contributed by atoms with Crippen LogP contribution in [0.1, 0.15) is 46.2 Å². The van der Waals surface area contributed by atoms with Crippen molar-refractivity contribution in [3.8, 4) is 0 Å². The molecule has 1 unspecified atom stereocenters. The van der Waals surface area contributed by atoms with E-state index in [9.17, 15) is 0 Å². The van der Waals surface area contributed by atoms with Gasteiger partial charge in [-0.1, -0.05) is 24.6 Å². The Bertz CT molecular complexity index is 377. The molecule has 1 aromatic rings. The lowest BCUT2D eigenvalue weighted by Crippen LogP contribution is -2.30. The van der Waals surface area contributed by atoms with E-state index in [0.717, 1.165) is 18.1 Å². The SMILES string of the molecule is CCNC(C)c1ccc(N(CC)C(C)C)cc1Cl. The molecule has 18 heavy (non-hydrogen) atoms. The zero-order chi connectivity index (χ0) is 13.7. The molecule has 1 atom stereocenters.